The first-order chi connectivity index (χ1) is 8.58. The van der Waals surface area contributed by atoms with Crippen molar-refractivity contribution in [3.8, 4) is 0 Å². The number of carbonyl (C=O) groups excluding carboxylic acids is 1. The predicted molar refractivity (Wildman–Crippen MR) is 72.2 cm³/mol. The molecule has 1 aliphatic heterocycles. The van der Waals surface area contributed by atoms with Crippen molar-refractivity contribution in [3.63, 3.8) is 0 Å². The van der Waals surface area contributed by atoms with Gasteiger partial charge in [-0.2, -0.15) is 0 Å². The van der Waals surface area contributed by atoms with Gasteiger partial charge in [0.15, 0.2) is 0 Å². The second-order valence-corrected chi connectivity index (χ2v) is 5.42. The van der Waals surface area contributed by atoms with E-state index in [1.807, 2.05) is 0 Å². The number of halogens is 1. The van der Waals surface area contributed by atoms with Crippen LogP contribution in [0.15, 0.2) is 16.7 Å². The number of nitrogens with zero attached hydrogens (tertiary/aromatic N) is 1. The van der Waals surface area contributed by atoms with Gasteiger partial charge < -0.3 is 15.8 Å². The highest BCUT2D eigenvalue weighted by Crippen LogP contribution is 2.18. The zero-order valence-corrected chi connectivity index (χ0v) is 11.7. The van der Waals surface area contributed by atoms with E-state index in [1.165, 1.54) is 0 Å². The number of anilines is 1. The Balaban J connectivity index is 2.09. The van der Waals surface area contributed by atoms with E-state index >= 15 is 0 Å². The first-order valence-corrected chi connectivity index (χ1v) is 6.67. The van der Waals surface area contributed by atoms with Crippen molar-refractivity contribution >= 4 is 27.7 Å². The highest BCUT2D eigenvalue weighted by atomic mass is 79.9. The Hall–Kier alpha value is -1.14. The molecule has 1 saturated heterocycles. The minimum atomic E-state index is -0.181. The second kappa shape index (κ2) is 5.67. The molecule has 98 valence electrons. The molecule has 5 nitrogen and oxygen atoms in total. The van der Waals surface area contributed by atoms with Crippen LogP contribution >= 0.6 is 15.9 Å². The first kappa shape index (κ1) is 13.3. The van der Waals surface area contributed by atoms with E-state index in [0.717, 1.165) is 10.9 Å². The largest absolute Gasteiger partial charge is 0.383 e. The summed E-state index contributed by atoms with van der Waals surface area (Å²) in [6.07, 6.45) is 2.40. The highest BCUT2D eigenvalue weighted by Gasteiger charge is 2.24. The molecule has 0 aliphatic carbocycles. The molecule has 2 rings (SSSR count). The fraction of sp³-hybridized carbons (Fsp3) is 0.500. The summed E-state index contributed by atoms with van der Waals surface area (Å²) in [4.78, 5) is 16.1. The minimum Gasteiger partial charge on any atom is -0.383 e. The summed E-state index contributed by atoms with van der Waals surface area (Å²) in [5.74, 6) is 0.375. The van der Waals surface area contributed by atoms with Gasteiger partial charge in [-0.1, -0.05) is 6.92 Å². The van der Waals surface area contributed by atoms with Crippen molar-refractivity contribution < 1.29 is 9.53 Å². The van der Waals surface area contributed by atoms with Crippen LogP contribution in [0.4, 0.5) is 5.82 Å². The molecular formula is C12H16BrN3O2. The zero-order valence-electron chi connectivity index (χ0n) is 10.1. The molecule has 0 radical (unpaired) electrons. The van der Waals surface area contributed by atoms with E-state index in [4.69, 9.17) is 10.5 Å². The molecule has 2 atom stereocenters. The molecule has 1 amide bonds. The van der Waals surface area contributed by atoms with Crippen LogP contribution in [0.5, 0.6) is 0 Å². The van der Waals surface area contributed by atoms with Crippen LogP contribution in [0.25, 0.3) is 0 Å². The summed E-state index contributed by atoms with van der Waals surface area (Å²) in [7, 11) is 0. The molecule has 2 heterocycles. The number of nitrogens with one attached hydrogen (secondary N) is 1. The van der Waals surface area contributed by atoms with Crippen LogP contribution < -0.4 is 11.1 Å². The number of rotatable bonds is 2. The lowest BCUT2D eigenvalue weighted by Gasteiger charge is -2.29. The zero-order chi connectivity index (χ0) is 13.1. The number of ether oxygens (including phenoxy) is 1. The lowest BCUT2D eigenvalue weighted by atomic mass is 9.97. The van der Waals surface area contributed by atoms with Gasteiger partial charge in [-0.05, 0) is 34.3 Å². The van der Waals surface area contributed by atoms with Crippen LogP contribution in [-0.4, -0.2) is 30.1 Å². The summed E-state index contributed by atoms with van der Waals surface area (Å²) in [6, 6.07) is 1.81. The van der Waals surface area contributed by atoms with E-state index in [1.54, 1.807) is 12.3 Å². The van der Waals surface area contributed by atoms with Gasteiger partial charge in [0.05, 0.1) is 12.2 Å². The standard InChI is InChI=1S/C12H16BrN3O2/c1-7-6-18-3-2-10(7)16-12(17)9-4-8(13)5-15-11(9)14/h4-5,7,10H,2-3,6H2,1H3,(H2,14,15)(H,16,17). The average Bonchev–Trinajstić information content (AvgIpc) is 2.35. The number of hydrogen-bond acceptors (Lipinski definition) is 4. The van der Waals surface area contributed by atoms with Crippen molar-refractivity contribution in [2.45, 2.75) is 19.4 Å². The molecule has 1 fully saturated rings. The van der Waals surface area contributed by atoms with Gasteiger partial charge in [0, 0.05) is 23.3 Å². The monoisotopic (exact) mass is 313 g/mol. The van der Waals surface area contributed by atoms with Gasteiger partial charge in [-0.15, -0.1) is 0 Å². The molecule has 0 saturated carbocycles. The van der Waals surface area contributed by atoms with Crippen LogP contribution in [0.1, 0.15) is 23.7 Å². The van der Waals surface area contributed by atoms with E-state index in [2.05, 4.69) is 33.2 Å². The highest BCUT2D eigenvalue weighted by molar-refractivity contribution is 9.10. The van der Waals surface area contributed by atoms with Crippen molar-refractivity contribution in [1.82, 2.24) is 10.3 Å². The van der Waals surface area contributed by atoms with Crippen LogP contribution in [0.3, 0.4) is 0 Å². The van der Waals surface area contributed by atoms with Crippen LogP contribution in [-0.2, 0) is 4.74 Å². The average molecular weight is 314 g/mol. The molecule has 3 N–H and O–H groups in total. The third-order valence-corrected chi connectivity index (χ3v) is 3.52. The summed E-state index contributed by atoms with van der Waals surface area (Å²) in [5, 5.41) is 2.99. The van der Waals surface area contributed by atoms with Crippen molar-refractivity contribution in [2.75, 3.05) is 18.9 Å². The SMILES string of the molecule is CC1COCCC1NC(=O)c1cc(Br)cnc1N. The van der Waals surface area contributed by atoms with Gasteiger partial charge in [-0.3, -0.25) is 4.79 Å². The van der Waals surface area contributed by atoms with Gasteiger partial charge in [0.25, 0.3) is 5.91 Å². The molecule has 0 bridgehead atoms. The van der Waals surface area contributed by atoms with Crippen molar-refractivity contribution in [1.29, 1.82) is 0 Å². The smallest absolute Gasteiger partial charge is 0.255 e. The number of nitrogens with two attached hydrogens (primary N) is 1. The number of aromatic nitrogens is 1. The number of pyridine rings is 1. The predicted octanol–water partition coefficient (Wildman–Crippen LogP) is 1.58. The molecule has 1 aromatic heterocycles. The number of hydrogen-bond donors (Lipinski definition) is 2. The first-order valence-electron chi connectivity index (χ1n) is 5.87. The summed E-state index contributed by atoms with van der Waals surface area (Å²) >= 11 is 3.28. The Morgan fingerprint density at radius 1 is 1.67 bits per heavy atom. The molecule has 1 aromatic rings. The molecule has 1 aliphatic rings. The lowest BCUT2D eigenvalue weighted by molar-refractivity contribution is 0.0375. The van der Waals surface area contributed by atoms with Crippen molar-refractivity contribution in [3.05, 3.63) is 22.3 Å². The Labute approximate surface area is 114 Å². The summed E-state index contributed by atoms with van der Waals surface area (Å²) in [6.45, 7) is 3.42. The fourth-order valence-corrected chi connectivity index (χ4v) is 2.30. The Morgan fingerprint density at radius 3 is 3.17 bits per heavy atom. The van der Waals surface area contributed by atoms with Gasteiger partial charge in [-0.25, -0.2) is 4.98 Å². The maximum Gasteiger partial charge on any atom is 0.255 e. The van der Waals surface area contributed by atoms with Gasteiger partial charge in [0.2, 0.25) is 0 Å². The van der Waals surface area contributed by atoms with E-state index in [-0.39, 0.29) is 17.8 Å². The van der Waals surface area contributed by atoms with Crippen molar-refractivity contribution in [2.24, 2.45) is 5.92 Å². The molecule has 0 spiro atoms. The fourth-order valence-electron chi connectivity index (χ4n) is 1.97. The molecular weight excluding hydrogens is 298 g/mol. The summed E-state index contributed by atoms with van der Waals surface area (Å²) < 4.78 is 6.08. The number of carbonyl (C=O) groups is 1. The molecule has 6 heteroatoms. The van der Waals surface area contributed by atoms with E-state index in [0.29, 0.717) is 24.7 Å². The van der Waals surface area contributed by atoms with E-state index < -0.39 is 0 Å². The topological polar surface area (TPSA) is 77.2 Å². The third-order valence-electron chi connectivity index (χ3n) is 3.09. The normalized spacial score (nSPS) is 23.7. The Kier molecular flexibility index (Phi) is 4.19. The van der Waals surface area contributed by atoms with Gasteiger partial charge in [0.1, 0.15) is 5.82 Å². The lowest BCUT2D eigenvalue weighted by Crippen LogP contribution is -2.44. The van der Waals surface area contributed by atoms with Crippen LogP contribution in [0.2, 0.25) is 0 Å². The second-order valence-electron chi connectivity index (χ2n) is 4.51. The number of nitrogen functional groups attached to an aromatic ring is 1. The van der Waals surface area contributed by atoms with Crippen LogP contribution in [0, 0.1) is 5.92 Å². The van der Waals surface area contributed by atoms with Gasteiger partial charge >= 0.3 is 0 Å². The Bertz CT molecular complexity index is 453. The van der Waals surface area contributed by atoms with E-state index in [9.17, 15) is 4.79 Å². The number of amides is 1. The maximum absolute atomic E-state index is 12.1. The minimum absolute atomic E-state index is 0.129. The molecule has 2 unspecified atom stereocenters. The summed E-state index contributed by atoms with van der Waals surface area (Å²) in [5.41, 5.74) is 6.12. The maximum atomic E-state index is 12.1. The Morgan fingerprint density at radius 2 is 2.44 bits per heavy atom. The molecule has 0 aromatic carbocycles. The third kappa shape index (κ3) is 3.00. The quantitative estimate of drug-likeness (QED) is 0.869. The molecule has 18 heavy (non-hydrogen) atoms.